The minimum atomic E-state index is -0.0573. The lowest BCUT2D eigenvalue weighted by Crippen LogP contribution is -2.48. The van der Waals surface area contributed by atoms with Crippen molar-refractivity contribution in [1.82, 2.24) is 0 Å². The number of quaternary nitrogens is 2. The molecule has 6 nitrogen and oxygen atoms in total. The molecule has 0 heterocycles. The molecule has 2 rings (SSSR count). The summed E-state index contributed by atoms with van der Waals surface area (Å²) in [5, 5.41) is 0. The molecule has 2 aliphatic carbocycles. The molecule has 0 N–H and O–H groups in total. The van der Waals surface area contributed by atoms with Gasteiger partial charge in [-0.05, 0) is 61.2 Å². The molecule has 0 bridgehead atoms. The normalized spacial score (nSPS) is 28.5. The Kier molecular flexibility index (Phi) is 13.6. The van der Waals surface area contributed by atoms with Crippen LogP contribution in [0.15, 0.2) is 0 Å². The van der Waals surface area contributed by atoms with Crippen molar-refractivity contribution < 1.29 is 28.0 Å². The molecule has 0 saturated heterocycles. The van der Waals surface area contributed by atoms with Gasteiger partial charge in [0.1, 0.15) is 12.2 Å². The molecule has 0 aromatic heterocycles. The highest BCUT2D eigenvalue weighted by Crippen LogP contribution is 2.36. The summed E-state index contributed by atoms with van der Waals surface area (Å²) >= 11 is 1.91. The maximum Gasteiger partial charge on any atom is 0.362 e. The Hall–Kier alpha value is -0.790. The standard InChI is InChI=1S/C32H62N2O4S/c1-23(2)27-13-11-25(5)19-29(27)37-31(35)21-33(7,8)15-17-39-18-16-34(9,10)22-32(36)38-30-20-26(6)12-14-28(30)24(3)4/h23-30H,11-22H2,1-10H3/q+2/t25-,26+,27-,28+,29-,30-/m1/s1. The number of thioether (sulfide) groups is 1. The van der Waals surface area contributed by atoms with Crippen LogP contribution in [-0.2, 0) is 19.1 Å². The van der Waals surface area contributed by atoms with E-state index in [9.17, 15) is 9.59 Å². The summed E-state index contributed by atoms with van der Waals surface area (Å²) in [4.78, 5) is 25.7. The van der Waals surface area contributed by atoms with E-state index in [1.54, 1.807) is 0 Å². The Balaban J connectivity index is 1.70. The number of esters is 2. The number of rotatable bonds is 14. The molecule has 0 aromatic rings. The predicted octanol–water partition coefficient (Wildman–Crippen LogP) is 5.88. The van der Waals surface area contributed by atoms with Gasteiger partial charge < -0.3 is 18.4 Å². The van der Waals surface area contributed by atoms with Gasteiger partial charge in [0.2, 0.25) is 0 Å². The lowest BCUT2D eigenvalue weighted by Gasteiger charge is -2.37. The van der Waals surface area contributed by atoms with Crippen LogP contribution >= 0.6 is 11.8 Å². The highest BCUT2D eigenvalue weighted by Gasteiger charge is 2.36. The van der Waals surface area contributed by atoms with E-state index in [0.717, 1.165) is 50.3 Å². The minimum absolute atomic E-state index is 0.0573. The zero-order chi connectivity index (χ0) is 29.4. The molecule has 0 aliphatic heterocycles. The number of nitrogens with zero attached hydrogens (tertiary/aromatic N) is 2. The molecule has 6 atom stereocenters. The zero-order valence-electron chi connectivity index (χ0n) is 27.0. The second-order valence-corrected chi connectivity index (χ2v) is 16.2. The van der Waals surface area contributed by atoms with Crippen LogP contribution in [0.4, 0.5) is 0 Å². The van der Waals surface area contributed by atoms with E-state index in [4.69, 9.17) is 9.47 Å². The van der Waals surface area contributed by atoms with Crippen molar-refractivity contribution in [3.05, 3.63) is 0 Å². The van der Waals surface area contributed by atoms with E-state index in [2.05, 4.69) is 69.7 Å². The lowest BCUT2D eigenvalue weighted by molar-refractivity contribution is -0.881. The first-order valence-corrected chi connectivity index (χ1v) is 16.8. The third-order valence-corrected chi connectivity index (χ3v) is 10.2. The van der Waals surface area contributed by atoms with Gasteiger partial charge in [-0.3, -0.25) is 0 Å². The molecule has 0 aromatic carbocycles. The lowest BCUT2D eigenvalue weighted by atomic mass is 9.75. The van der Waals surface area contributed by atoms with E-state index < -0.39 is 0 Å². The number of carbonyl (C=O) groups is 2. The molecular formula is C32H62N2O4S+2. The molecule has 0 radical (unpaired) electrons. The van der Waals surface area contributed by atoms with Gasteiger partial charge in [0.15, 0.2) is 13.1 Å². The number of likely N-dealkylation sites (N-methyl/N-ethyl adjacent to an activating group) is 2. The van der Waals surface area contributed by atoms with Crippen LogP contribution in [0.2, 0.25) is 0 Å². The fourth-order valence-electron chi connectivity index (χ4n) is 6.50. The quantitative estimate of drug-likeness (QED) is 0.148. The molecule has 39 heavy (non-hydrogen) atoms. The van der Waals surface area contributed by atoms with Gasteiger partial charge in [-0.1, -0.05) is 54.4 Å². The smallest absolute Gasteiger partial charge is 0.362 e. The first kappa shape index (κ1) is 34.4. The average molecular weight is 571 g/mol. The van der Waals surface area contributed by atoms with Crippen LogP contribution in [0.5, 0.6) is 0 Å². The van der Waals surface area contributed by atoms with Gasteiger partial charge in [-0.15, -0.1) is 0 Å². The summed E-state index contributed by atoms with van der Waals surface area (Å²) in [5.74, 6) is 5.18. The summed E-state index contributed by atoms with van der Waals surface area (Å²) < 4.78 is 13.4. The maximum atomic E-state index is 12.9. The summed E-state index contributed by atoms with van der Waals surface area (Å²) in [7, 11) is 8.49. The fraction of sp³-hybridized carbons (Fsp3) is 0.938. The first-order valence-electron chi connectivity index (χ1n) is 15.7. The largest absolute Gasteiger partial charge is 0.458 e. The minimum Gasteiger partial charge on any atom is -0.458 e. The van der Waals surface area contributed by atoms with Crippen molar-refractivity contribution in [2.24, 2.45) is 35.5 Å². The molecule has 0 spiro atoms. The highest BCUT2D eigenvalue weighted by atomic mass is 32.2. The maximum absolute atomic E-state index is 12.9. The summed E-state index contributed by atoms with van der Waals surface area (Å²) in [6, 6.07) is 0. The Morgan fingerprint density at radius 1 is 0.692 bits per heavy atom. The Morgan fingerprint density at radius 3 is 1.38 bits per heavy atom. The SMILES string of the molecule is CC(C)[C@H]1CC[C@@H](C)C[C@H]1OC(=O)C[N+](C)(C)CCSCC[N+](C)(C)CC(=O)O[C@@H]1C[C@@H](C)CC[C@H]1C(C)C. The number of carbonyl (C=O) groups excluding carboxylic acids is 2. The third-order valence-electron chi connectivity index (χ3n) is 9.28. The fourth-order valence-corrected chi connectivity index (χ4v) is 7.95. The van der Waals surface area contributed by atoms with Crippen molar-refractivity contribution in [3.8, 4) is 0 Å². The Morgan fingerprint density at radius 2 is 1.05 bits per heavy atom. The van der Waals surface area contributed by atoms with Crippen LogP contribution in [0.1, 0.15) is 80.1 Å². The molecule has 7 heteroatoms. The van der Waals surface area contributed by atoms with E-state index in [1.165, 1.54) is 12.8 Å². The number of hydrogen-bond donors (Lipinski definition) is 0. The van der Waals surface area contributed by atoms with Crippen LogP contribution < -0.4 is 0 Å². The zero-order valence-corrected chi connectivity index (χ0v) is 27.9. The van der Waals surface area contributed by atoms with Crippen LogP contribution in [0.25, 0.3) is 0 Å². The van der Waals surface area contributed by atoms with E-state index in [1.807, 2.05) is 11.8 Å². The second kappa shape index (κ2) is 15.4. The van der Waals surface area contributed by atoms with Gasteiger partial charge >= 0.3 is 11.9 Å². The van der Waals surface area contributed by atoms with Gasteiger partial charge in [0, 0.05) is 11.5 Å². The number of hydrogen-bond acceptors (Lipinski definition) is 5. The molecular weight excluding hydrogens is 508 g/mol. The van der Waals surface area contributed by atoms with Crippen molar-refractivity contribution in [3.63, 3.8) is 0 Å². The van der Waals surface area contributed by atoms with Gasteiger partial charge in [-0.25, -0.2) is 9.59 Å². The van der Waals surface area contributed by atoms with Crippen LogP contribution in [0.3, 0.4) is 0 Å². The molecule has 2 aliphatic rings. The molecule has 0 unspecified atom stereocenters. The molecule has 2 saturated carbocycles. The highest BCUT2D eigenvalue weighted by molar-refractivity contribution is 7.99. The Labute approximate surface area is 245 Å². The van der Waals surface area contributed by atoms with Crippen molar-refractivity contribution in [2.45, 2.75) is 92.3 Å². The summed E-state index contributed by atoms with van der Waals surface area (Å²) in [5.41, 5.74) is 0. The third kappa shape index (κ3) is 12.3. The monoisotopic (exact) mass is 570 g/mol. The molecule has 2 fully saturated rings. The van der Waals surface area contributed by atoms with Crippen molar-refractivity contribution >= 4 is 23.7 Å². The van der Waals surface area contributed by atoms with Crippen LogP contribution in [0, 0.1) is 35.5 Å². The number of ether oxygens (including phenoxy) is 2. The van der Waals surface area contributed by atoms with E-state index in [-0.39, 0.29) is 24.1 Å². The topological polar surface area (TPSA) is 52.6 Å². The molecule has 228 valence electrons. The summed E-state index contributed by atoms with van der Waals surface area (Å²) in [6.07, 6.45) is 6.94. The van der Waals surface area contributed by atoms with Crippen molar-refractivity contribution in [2.75, 3.05) is 65.9 Å². The van der Waals surface area contributed by atoms with Gasteiger partial charge in [0.05, 0.1) is 41.3 Å². The first-order chi connectivity index (χ1) is 18.1. The Bertz CT molecular complexity index is 707. The molecule has 0 amide bonds. The van der Waals surface area contributed by atoms with E-state index in [0.29, 0.717) is 57.6 Å². The second-order valence-electron chi connectivity index (χ2n) is 15.0. The van der Waals surface area contributed by atoms with E-state index >= 15 is 0 Å². The van der Waals surface area contributed by atoms with Gasteiger partial charge in [0.25, 0.3) is 0 Å². The average Bonchev–Trinajstić information content (AvgIpc) is 2.77. The van der Waals surface area contributed by atoms with Crippen molar-refractivity contribution in [1.29, 1.82) is 0 Å². The van der Waals surface area contributed by atoms with Crippen LogP contribution in [-0.4, -0.2) is 99.0 Å². The predicted molar refractivity (Wildman–Crippen MR) is 163 cm³/mol. The summed E-state index contributed by atoms with van der Waals surface area (Å²) in [6.45, 7) is 16.2. The van der Waals surface area contributed by atoms with Gasteiger partial charge in [-0.2, -0.15) is 11.8 Å².